The number of hydrogen-bond acceptors (Lipinski definition) is 7. The normalized spacial score (nSPS) is 13.5. The molecule has 0 radical (unpaired) electrons. The van der Waals surface area contributed by atoms with Gasteiger partial charge in [0.25, 0.3) is 0 Å². The van der Waals surface area contributed by atoms with Crippen LogP contribution in [0.5, 0.6) is 11.5 Å². The van der Waals surface area contributed by atoms with Gasteiger partial charge in [0.05, 0.1) is 19.9 Å². The fourth-order valence-corrected chi connectivity index (χ4v) is 5.66. The largest absolute Gasteiger partial charge is 0.493 e. The Morgan fingerprint density at radius 3 is 2.09 bits per heavy atom. The van der Waals surface area contributed by atoms with E-state index in [4.69, 9.17) is 9.47 Å². The Kier molecular flexibility index (Phi) is 10.3. The summed E-state index contributed by atoms with van der Waals surface area (Å²) >= 11 is 0. The van der Waals surface area contributed by atoms with Gasteiger partial charge in [-0.1, -0.05) is 24.3 Å². The van der Waals surface area contributed by atoms with Crippen molar-refractivity contribution in [3.05, 3.63) is 113 Å². The van der Waals surface area contributed by atoms with E-state index in [9.17, 15) is 18.5 Å². The highest BCUT2D eigenvalue weighted by Gasteiger charge is 2.30. The highest BCUT2D eigenvalue weighted by molar-refractivity contribution is 6.01. The Morgan fingerprint density at radius 2 is 1.51 bits per heavy atom. The third kappa shape index (κ3) is 7.43. The molecule has 0 saturated carbocycles. The van der Waals surface area contributed by atoms with Crippen LogP contribution in [0, 0.1) is 16.5 Å². The van der Waals surface area contributed by atoms with Gasteiger partial charge >= 0.3 is 6.03 Å². The van der Waals surface area contributed by atoms with Crippen molar-refractivity contribution in [3.63, 3.8) is 0 Å². The maximum Gasteiger partial charge on any atom is 0.330 e. The minimum absolute atomic E-state index is 0.00288. The summed E-state index contributed by atoms with van der Waals surface area (Å²) in [4.78, 5) is 35.4. The number of nitroso groups, excluding NO2 is 1. The number of amides is 2. The van der Waals surface area contributed by atoms with E-state index in [-0.39, 0.29) is 35.1 Å². The van der Waals surface area contributed by atoms with E-state index in [0.29, 0.717) is 43.4 Å². The molecule has 234 valence electrons. The van der Waals surface area contributed by atoms with Crippen LogP contribution in [0.3, 0.4) is 0 Å². The van der Waals surface area contributed by atoms with Crippen molar-refractivity contribution in [2.75, 3.05) is 51.8 Å². The van der Waals surface area contributed by atoms with Crippen molar-refractivity contribution in [2.24, 2.45) is 5.18 Å². The average molecular weight is 616 g/mol. The third-order valence-corrected chi connectivity index (χ3v) is 8.05. The fraction of sp³-hybridized carbons (Fsp3) is 0.294. The number of rotatable bonds is 11. The first-order chi connectivity index (χ1) is 21.9. The minimum atomic E-state index is -0.335. The summed E-state index contributed by atoms with van der Waals surface area (Å²) in [7, 11) is 3.03. The molecule has 0 unspecified atom stereocenters. The van der Waals surface area contributed by atoms with Crippen molar-refractivity contribution in [3.8, 4) is 11.5 Å². The molecule has 0 atom stereocenters. The second kappa shape index (κ2) is 14.7. The van der Waals surface area contributed by atoms with Crippen molar-refractivity contribution >= 4 is 23.2 Å². The van der Waals surface area contributed by atoms with Crippen molar-refractivity contribution in [1.82, 2.24) is 14.8 Å². The number of aromatic nitrogens is 1. The van der Waals surface area contributed by atoms with E-state index in [2.05, 4.69) is 15.1 Å². The van der Waals surface area contributed by atoms with Crippen LogP contribution in [-0.4, -0.2) is 67.8 Å². The summed E-state index contributed by atoms with van der Waals surface area (Å²) in [5.41, 5.74) is 2.45. The molecule has 1 aromatic heterocycles. The van der Waals surface area contributed by atoms with Crippen molar-refractivity contribution in [1.29, 1.82) is 0 Å². The lowest BCUT2D eigenvalue weighted by atomic mass is 9.87. The van der Waals surface area contributed by atoms with Crippen LogP contribution >= 0.6 is 0 Å². The number of benzene rings is 3. The van der Waals surface area contributed by atoms with Gasteiger partial charge in [-0.3, -0.25) is 4.90 Å². The number of piperazine rings is 1. The van der Waals surface area contributed by atoms with E-state index < -0.39 is 0 Å². The lowest BCUT2D eigenvalue weighted by Gasteiger charge is -2.37. The molecular formula is C34H35F2N5O4. The van der Waals surface area contributed by atoms with Gasteiger partial charge in [0.2, 0.25) is 0 Å². The zero-order chi connectivity index (χ0) is 31.8. The Hall–Kier alpha value is -4.90. The van der Waals surface area contributed by atoms with E-state index in [0.717, 1.165) is 30.5 Å². The number of methoxy groups -OCH3 is 2. The highest BCUT2D eigenvalue weighted by Crippen LogP contribution is 2.38. The molecule has 2 heterocycles. The molecule has 1 aliphatic heterocycles. The zero-order valence-electron chi connectivity index (χ0n) is 25.2. The van der Waals surface area contributed by atoms with Gasteiger partial charge in [-0.05, 0) is 84.2 Å². The summed E-state index contributed by atoms with van der Waals surface area (Å²) in [6, 6.07) is 20.8. The second-order valence-corrected chi connectivity index (χ2v) is 10.7. The van der Waals surface area contributed by atoms with Gasteiger partial charge < -0.3 is 14.4 Å². The molecule has 0 aliphatic carbocycles. The number of anilines is 2. The summed E-state index contributed by atoms with van der Waals surface area (Å²) in [6.45, 7) is 3.06. The Balaban J connectivity index is 1.26. The molecule has 1 aliphatic rings. The molecule has 0 spiro atoms. The number of carbonyl (C=O) groups is 1. The predicted molar refractivity (Wildman–Crippen MR) is 169 cm³/mol. The zero-order valence-corrected chi connectivity index (χ0v) is 25.2. The monoisotopic (exact) mass is 615 g/mol. The van der Waals surface area contributed by atoms with Crippen LogP contribution in [0.15, 0.2) is 90.2 Å². The number of urea groups is 1. The van der Waals surface area contributed by atoms with Crippen LogP contribution in [-0.2, 0) is 0 Å². The van der Waals surface area contributed by atoms with Crippen LogP contribution in [0.2, 0.25) is 0 Å². The van der Waals surface area contributed by atoms with E-state index in [1.807, 2.05) is 0 Å². The molecule has 3 aromatic carbocycles. The number of halogens is 2. The number of nitrogens with zero attached hydrogens (tertiary/aromatic N) is 5. The summed E-state index contributed by atoms with van der Waals surface area (Å²) in [5, 5.41) is 3.11. The Morgan fingerprint density at radius 1 is 0.889 bits per heavy atom. The van der Waals surface area contributed by atoms with E-state index in [1.54, 1.807) is 53.4 Å². The molecule has 1 fully saturated rings. The van der Waals surface area contributed by atoms with Gasteiger partial charge in [-0.15, -0.1) is 4.91 Å². The first-order valence-corrected chi connectivity index (χ1v) is 14.7. The predicted octanol–water partition coefficient (Wildman–Crippen LogP) is 7.26. The molecule has 5 rings (SSSR count). The van der Waals surface area contributed by atoms with Gasteiger partial charge in [-0.2, -0.15) is 0 Å². The van der Waals surface area contributed by atoms with E-state index >= 15 is 0 Å². The summed E-state index contributed by atoms with van der Waals surface area (Å²) in [6.07, 6.45) is 3.16. The van der Waals surface area contributed by atoms with Crippen molar-refractivity contribution in [2.45, 2.75) is 18.8 Å². The Labute approximate surface area is 261 Å². The molecule has 45 heavy (non-hydrogen) atoms. The third-order valence-electron chi connectivity index (χ3n) is 8.05. The molecule has 9 nitrogen and oxygen atoms in total. The van der Waals surface area contributed by atoms with Gasteiger partial charge in [0.1, 0.15) is 11.6 Å². The second-order valence-electron chi connectivity index (χ2n) is 10.7. The maximum atomic E-state index is 14.0. The number of pyridine rings is 1. The summed E-state index contributed by atoms with van der Waals surface area (Å²) < 4.78 is 38.0. The van der Waals surface area contributed by atoms with Crippen LogP contribution in [0.1, 0.15) is 29.9 Å². The maximum absolute atomic E-state index is 14.0. The van der Waals surface area contributed by atoms with Gasteiger partial charge in [0.15, 0.2) is 23.0 Å². The first kappa shape index (κ1) is 31.5. The molecular weight excluding hydrogens is 580 g/mol. The number of carbonyl (C=O) groups excluding carboxylic acids is 1. The molecule has 0 bridgehead atoms. The van der Waals surface area contributed by atoms with Crippen LogP contribution in [0.4, 0.5) is 30.8 Å². The SMILES string of the molecule is COc1ccc(N(C(=O)N2CCN(CCCC(c3ccc(F)cc3)c3ccc(F)cc3)CC2)c2ncccc2N=O)cc1OC. The fourth-order valence-electron chi connectivity index (χ4n) is 5.66. The molecule has 4 aromatic rings. The topological polar surface area (TPSA) is 87.6 Å². The Bertz CT molecular complexity index is 1550. The first-order valence-electron chi connectivity index (χ1n) is 14.7. The molecule has 11 heteroatoms. The number of ether oxygens (including phenoxy) is 2. The minimum Gasteiger partial charge on any atom is -0.493 e. The van der Waals surface area contributed by atoms with E-state index in [1.165, 1.54) is 55.6 Å². The quantitative estimate of drug-likeness (QED) is 0.165. The number of hydrogen-bond donors (Lipinski definition) is 0. The highest BCUT2D eigenvalue weighted by atomic mass is 19.1. The van der Waals surface area contributed by atoms with Crippen LogP contribution in [0.25, 0.3) is 0 Å². The van der Waals surface area contributed by atoms with Gasteiger partial charge in [-0.25, -0.2) is 23.5 Å². The summed E-state index contributed by atoms with van der Waals surface area (Å²) in [5.74, 6) is 0.459. The standard InChI is InChI=1S/C34H35F2N5O4/c1-44-31-16-15-28(23-32(31)45-2)41(33-30(38-43)6-3-17-37-33)34(42)40-21-19-39(20-22-40)18-4-5-29(24-7-11-26(35)12-8-24)25-9-13-27(36)14-10-25/h3,6-17,23,29H,4-5,18-22H2,1-2H3. The average Bonchev–Trinajstić information content (AvgIpc) is 3.08. The smallest absolute Gasteiger partial charge is 0.330 e. The lowest BCUT2D eigenvalue weighted by molar-refractivity contribution is 0.143. The molecule has 2 amide bonds. The lowest BCUT2D eigenvalue weighted by Crippen LogP contribution is -2.52. The molecule has 0 N–H and O–H groups in total. The van der Waals surface area contributed by atoms with Gasteiger partial charge in [0, 0.05) is 44.4 Å². The van der Waals surface area contributed by atoms with Crippen molar-refractivity contribution < 1.29 is 23.0 Å². The van der Waals surface area contributed by atoms with Crippen LogP contribution < -0.4 is 14.4 Å². The molecule has 1 saturated heterocycles.